The molecule has 1 aliphatic rings. The normalized spacial score (nSPS) is 12.4. The van der Waals surface area contributed by atoms with Crippen LogP contribution in [0.1, 0.15) is 55.7 Å². The Morgan fingerprint density at radius 3 is 1.85 bits per heavy atom. The van der Waals surface area contributed by atoms with Gasteiger partial charge in [0.15, 0.2) is 0 Å². The Balaban J connectivity index is 0.903. The Morgan fingerprint density at radius 2 is 1.26 bits per heavy atom. The quantitative estimate of drug-likeness (QED) is 0.0122. The lowest BCUT2D eigenvalue weighted by Crippen LogP contribution is -2.54. The van der Waals surface area contributed by atoms with E-state index in [1.807, 2.05) is 24.3 Å². The number of fused-ring (bicyclic) bond motifs is 3. The molecule has 0 bridgehead atoms. The van der Waals surface area contributed by atoms with E-state index in [1.54, 1.807) is 38.1 Å². The SMILES string of the molecule is CC(C)[C@H](NC(=O)CCOCCOCCOCCOCCNC(=O)OCC1c2ccccc2-c2ccccc21)C(=O)N[C@@H](CCCNC(N)=O)C(=O)Nc1ccc(COC(=O)Oc2ccc([N+](=O)[O-])cc2)cc1. The fourth-order valence-electron chi connectivity index (χ4n) is 7.45. The number of anilines is 1. The summed E-state index contributed by atoms with van der Waals surface area (Å²) in [6.07, 6.45) is -1.17. The minimum Gasteiger partial charge on any atom is -0.449 e. The third kappa shape index (κ3) is 19.5. The molecule has 7 N–H and O–H groups in total. The molecule has 2 atom stereocenters. The molecule has 0 heterocycles. The molecule has 0 aliphatic heterocycles. The Kier molecular flexibility index (Phi) is 23.3. The number of primary amides is 1. The van der Waals surface area contributed by atoms with E-state index >= 15 is 0 Å². The summed E-state index contributed by atoms with van der Waals surface area (Å²) in [5, 5.41) is 24.2. The summed E-state index contributed by atoms with van der Waals surface area (Å²) in [6, 6.07) is 24.7. The highest BCUT2D eigenvalue weighted by atomic mass is 16.7. The molecule has 4 aromatic rings. The molecule has 0 saturated heterocycles. The fraction of sp³-hybridized carbons (Fsp3) is 0.412. The van der Waals surface area contributed by atoms with Gasteiger partial charge in [-0.05, 0) is 70.8 Å². The minimum absolute atomic E-state index is 0.0130. The number of nitro benzene ring substituents is 1. The van der Waals surface area contributed by atoms with E-state index in [1.165, 1.54) is 24.3 Å². The highest BCUT2D eigenvalue weighted by Crippen LogP contribution is 2.44. The molecule has 5 rings (SSSR count). The first-order valence-corrected chi connectivity index (χ1v) is 23.8. The maximum absolute atomic E-state index is 13.5. The summed E-state index contributed by atoms with van der Waals surface area (Å²) in [7, 11) is 0. The number of rotatable bonds is 31. The Bertz CT molecular complexity index is 2390. The van der Waals surface area contributed by atoms with Crippen molar-refractivity contribution in [2.24, 2.45) is 11.7 Å². The number of nitrogens with zero attached hydrogens (tertiary/aromatic N) is 1. The van der Waals surface area contributed by atoms with Crippen LogP contribution in [-0.4, -0.2) is 126 Å². The van der Waals surface area contributed by atoms with Gasteiger partial charge in [-0.2, -0.15) is 0 Å². The number of amides is 6. The first-order chi connectivity index (χ1) is 35.3. The van der Waals surface area contributed by atoms with Gasteiger partial charge in [-0.3, -0.25) is 24.5 Å². The number of non-ortho nitro benzene ring substituents is 1. The third-order valence-corrected chi connectivity index (χ3v) is 11.1. The van der Waals surface area contributed by atoms with Crippen LogP contribution in [0, 0.1) is 16.0 Å². The van der Waals surface area contributed by atoms with Crippen molar-refractivity contribution in [3.63, 3.8) is 0 Å². The van der Waals surface area contributed by atoms with Crippen LogP contribution < -0.4 is 37.1 Å². The average molecular weight is 1010 g/mol. The molecule has 73 heavy (non-hydrogen) atoms. The zero-order valence-corrected chi connectivity index (χ0v) is 40.8. The van der Waals surface area contributed by atoms with Gasteiger partial charge in [-0.15, -0.1) is 0 Å². The first-order valence-electron chi connectivity index (χ1n) is 23.8. The van der Waals surface area contributed by atoms with E-state index < -0.39 is 53.0 Å². The van der Waals surface area contributed by atoms with Gasteiger partial charge in [0.05, 0.1) is 57.8 Å². The predicted molar refractivity (Wildman–Crippen MR) is 265 cm³/mol. The van der Waals surface area contributed by atoms with Crippen molar-refractivity contribution in [3.8, 4) is 16.9 Å². The molecule has 6 amide bonds. The van der Waals surface area contributed by atoms with Gasteiger partial charge in [0.1, 0.15) is 31.0 Å². The summed E-state index contributed by atoms with van der Waals surface area (Å²) in [5.74, 6) is -1.90. The number of nitrogens with two attached hydrogens (primary N) is 1. The molecule has 4 aromatic carbocycles. The van der Waals surface area contributed by atoms with Gasteiger partial charge in [0, 0.05) is 43.2 Å². The highest BCUT2D eigenvalue weighted by molar-refractivity contribution is 5.98. The molecule has 0 unspecified atom stereocenters. The molecule has 392 valence electrons. The van der Waals surface area contributed by atoms with Crippen molar-refractivity contribution >= 4 is 47.4 Å². The molecule has 22 nitrogen and oxygen atoms in total. The Morgan fingerprint density at radius 1 is 0.671 bits per heavy atom. The van der Waals surface area contributed by atoms with Crippen molar-refractivity contribution in [2.45, 2.75) is 57.7 Å². The molecule has 1 aliphatic carbocycles. The molecular weight excluding hydrogens is 951 g/mol. The number of ether oxygens (including phenoxy) is 7. The number of nitro groups is 1. The van der Waals surface area contributed by atoms with E-state index in [2.05, 4.69) is 50.8 Å². The zero-order valence-electron chi connectivity index (χ0n) is 40.8. The lowest BCUT2D eigenvalue weighted by atomic mass is 9.98. The maximum Gasteiger partial charge on any atom is 0.514 e. The van der Waals surface area contributed by atoms with Gasteiger partial charge >= 0.3 is 18.3 Å². The number of carbonyl (C=O) groups excluding carboxylic acids is 6. The molecule has 22 heteroatoms. The Hall–Kier alpha value is -7.66. The van der Waals surface area contributed by atoms with Crippen LogP contribution in [0.4, 0.5) is 25.8 Å². The van der Waals surface area contributed by atoms with E-state index in [-0.39, 0.29) is 88.7 Å². The summed E-state index contributed by atoms with van der Waals surface area (Å²) >= 11 is 0. The lowest BCUT2D eigenvalue weighted by Gasteiger charge is -2.25. The van der Waals surface area contributed by atoms with E-state index in [4.69, 9.17) is 38.9 Å². The standard InChI is InChI=1S/C51H63N7O15/c1-34(2)46(48(61)56-44(12-7-22-53-49(52)62)47(60)55-36-15-13-35(14-16-36)32-72-51(64)73-38-19-17-37(18-20-38)58(65)66)57-45(59)21-24-67-26-28-69-30-31-70-29-27-68-25-23-54-50(63)71-33-43-41-10-5-3-8-39(41)40-9-4-6-11-42(40)43/h3-6,8-11,13-20,34,43-44,46H,7,12,21-33H2,1-2H3,(H,54,63)(H,55,60)(H,56,61)(H,57,59)(H3,52,53,62)/t44-,46-/m0/s1. The second-order valence-electron chi connectivity index (χ2n) is 16.8. The van der Waals surface area contributed by atoms with Crippen molar-refractivity contribution in [1.29, 1.82) is 0 Å². The molecule has 0 fully saturated rings. The van der Waals surface area contributed by atoms with E-state index in [0.717, 1.165) is 22.3 Å². The van der Waals surface area contributed by atoms with Crippen molar-refractivity contribution in [3.05, 3.63) is 124 Å². The zero-order chi connectivity index (χ0) is 52.4. The van der Waals surface area contributed by atoms with Gasteiger partial charge in [-0.1, -0.05) is 74.5 Å². The summed E-state index contributed by atoms with van der Waals surface area (Å²) in [4.78, 5) is 85.8. The van der Waals surface area contributed by atoms with Crippen LogP contribution >= 0.6 is 0 Å². The van der Waals surface area contributed by atoms with Crippen molar-refractivity contribution < 1.29 is 66.8 Å². The number of urea groups is 1. The third-order valence-electron chi connectivity index (χ3n) is 11.1. The number of nitrogens with one attached hydrogen (secondary N) is 5. The lowest BCUT2D eigenvalue weighted by molar-refractivity contribution is -0.384. The van der Waals surface area contributed by atoms with Gasteiger partial charge < -0.3 is 65.5 Å². The fourth-order valence-corrected chi connectivity index (χ4v) is 7.45. The maximum atomic E-state index is 13.5. The number of hydrogen-bond acceptors (Lipinski definition) is 15. The second kappa shape index (κ2) is 30.3. The molecule has 0 spiro atoms. The molecular formula is C51H63N7O15. The predicted octanol–water partition coefficient (Wildman–Crippen LogP) is 5.32. The largest absolute Gasteiger partial charge is 0.514 e. The van der Waals surface area contributed by atoms with Crippen molar-refractivity contribution in [2.75, 3.05) is 77.9 Å². The van der Waals surface area contributed by atoms with Crippen LogP contribution in [0.5, 0.6) is 5.75 Å². The number of benzene rings is 4. The average Bonchev–Trinajstić information content (AvgIpc) is 3.69. The van der Waals surface area contributed by atoms with Gasteiger partial charge in [-0.25, -0.2) is 14.4 Å². The smallest absolute Gasteiger partial charge is 0.449 e. The van der Waals surface area contributed by atoms with Gasteiger partial charge in [0.2, 0.25) is 17.7 Å². The minimum atomic E-state index is -1.07. The molecule has 0 radical (unpaired) electrons. The first kappa shape index (κ1) is 56.3. The van der Waals surface area contributed by atoms with Gasteiger partial charge in [0.25, 0.3) is 5.69 Å². The molecule has 0 aromatic heterocycles. The Labute approximate surface area is 422 Å². The summed E-state index contributed by atoms with van der Waals surface area (Å²) in [6.45, 7) is 6.15. The van der Waals surface area contributed by atoms with E-state index in [0.29, 0.717) is 44.3 Å². The van der Waals surface area contributed by atoms with Crippen LogP contribution in [0.25, 0.3) is 11.1 Å². The topological polar surface area (TPSA) is 296 Å². The van der Waals surface area contributed by atoms with Crippen LogP contribution in [-0.2, 0) is 49.4 Å². The highest BCUT2D eigenvalue weighted by Gasteiger charge is 2.30. The van der Waals surface area contributed by atoms with Crippen LogP contribution in [0.3, 0.4) is 0 Å². The molecule has 0 saturated carbocycles. The van der Waals surface area contributed by atoms with E-state index in [9.17, 15) is 38.9 Å². The summed E-state index contributed by atoms with van der Waals surface area (Å²) < 4.78 is 37.8. The number of hydrogen-bond donors (Lipinski definition) is 6. The second-order valence-corrected chi connectivity index (χ2v) is 16.8. The monoisotopic (exact) mass is 1010 g/mol. The number of carbonyl (C=O) groups is 6. The summed E-state index contributed by atoms with van der Waals surface area (Å²) in [5.41, 5.74) is 10.5. The van der Waals surface area contributed by atoms with Crippen molar-refractivity contribution in [1.82, 2.24) is 21.3 Å². The number of alkyl carbamates (subject to hydrolysis) is 1. The van der Waals surface area contributed by atoms with Crippen LogP contribution in [0.15, 0.2) is 97.1 Å². The van der Waals surface area contributed by atoms with Crippen LogP contribution in [0.2, 0.25) is 0 Å².